The predicted octanol–water partition coefficient (Wildman–Crippen LogP) is 23.8. The van der Waals surface area contributed by atoms with E-state index < -0.39 is 0 Å². The molecular formula is C83H68N2. The largest absolute Gasteiger partial charge is 0.310 e. The molecule has 0 aromatic heterocycles. The van der Waals surface area contributed by atoms with E-state index in [9.17, 15) is 0 Å². The Morgan fingerprint density at radius 1 is 0.271 bits per heavy atom. The van der Waals surface area contributed by atoms with E-state index in [2.05, 4.69) is 332 Å². The standard InChI is InChI=1S/C83H68N2/c1-81(2,3)61-35-39-63(40-36-61)84(77-29-17-25-55-21-13-15-27-67(55)77)65-44-46-70-72(49-65)80(60-34-32-54-20-10-12-24-58(54)48-60)73-51-71-69-45-43-66(85(64-41-37-62(38-42-64)82(4,5)6)78-30-18-26-56-22-14-16-28-68(56)78)50-75(69)83(7,8)76(71)52-74(73)79(70)59-33-31-53-19-9-11-23-57(53)47-59/h9-52H,1-8H3. The van der Waals surface area contributed by atoms with Crippen molar-refractivity contribution in [3.63, 3.8) is 0 Å². The first kappa shape index (κ1) is 52.1. The van der Waals surface area contributed by atoms with Crippen LogP contribution >= 0.6 is 0 Å². The van der Waals surface area contributed by atoms with Gasteiger partial charge in [-0.3, -0.25) is 0 Å². The molecule has 14 aromatic rings. The SMILES string of the molecule is CC(C)(C)c1ccc(N(c2ccc3c(c2)C(C)(C)c2cc4c(-c5ccc6ccccc6c5)c5ccc(N(c6ccc(C(C)(C)C)cc6)c6cccc7ccccc67)cc5c(-c5ccc6ccccc6c5)c4cc2-3)c2cccc3ccccc23)cc1. The molecule has 0 amide bonds. The van der Waals surface area contributed by atoms with E-state index in [1.54, 1.807) is 0 Å². The predicted molar refractivity (Wildman–Crippen MR) is 367 cm³/mol. The van der Waals surface area contributed by atoms with Crippen LogP contribution in [0.5, 0.6) is 0 Å². The van der Waals surface area contributed by atoms with Gasteiger partial charge in [0.15, 0.2) is 0 Å². The molecule has 0 saturated heterocycles. The molecule has 410 valence electrons. The lowest BCUT2D eigenvalue weighted by molar-refractivity contribution is 0.590. The first-order valence-corrected chi connectivity index (χ1v) is 30.1. The van der Waals surface area contributed by atoms with Crippen LogP contribution in [0.2, 0.25) is 0 Å². The molecule has 0 atom stereocenters. The van der Waals surface area contributed by atoms with Crippen molar-refractivity contribution >= 4 is 98.8 Å². The van der Waals surface area contributed by atoms with Gasteiger partial charge in [0.25, 0.3) is 0 Å². The first-order valence-electron chi connectivity index (χ1n) is 30.1. The summed E-state index contributed by atoms with van der Waals surface area (Å²) < 4.78 is 0. The monoisotopic (exact) mass is 1090 g/mol. The molecule has 0 saturated carbocycles. The van der Waals surface area contributed by atoms with Crippen molar-refractivity contribution < 1.29 is 0 Å². The van der Waals surface area contributed by atoms with E-state index in [0.29, 0.717) is 0 Å². The van der Waals surface area contributed by atoms with Crippen LogP contribution in [-0.4, -0.2) is 0 Å². The van der Waals surface area contributed by atoms with Gasteiger partial charge in [0.1, 0.15) is 0 Å². The zero-order valence-electron chi connectivity index (χ0n) is 49.8. The summed E-state index contributed by atoms with van der Waals surface area (Å²) in [5.74, 6) is 0. The average Bonchev–Trinajstić information content (AvgIpc) is 1.71. The van der Waals surface area contributed by atoms with Crippen LogP contribution in [0.1, 0.15) is 77.6 Å². The second kappa shape index (κ2) is 19.7. The molecule has 1 aliphatic carbocycles. The smallest absolute Gasteiger partial charge is 0.0540 e. The van der Waals surface area contributed by atoms with Crippen molar-refractivity contribution in [2.24, 2.45) is 0 Å². The molecule has 85 heavy (non-hydrogen) atoms. The summed E-state index contributed by atoms with van der Waals surface area (Å²) in [7, 11) is 0. The van der Waals surface area contributed by atoms with Crippen LogP contribution in [0.25, 0.3) is 98.0 Å². The molecule has 2 heteroatoms. The number of hydrogen-bond acceptors (Lipinski definition) is 2. The molecular weight excluding hydrogens is 1020 g/mol. The Morgan fingerprint density at radius 2 is 0.671 bits per heavy atom. The van der Waals surface area contributed by atoms with E-state index in [4.69, 9.17) is 0 Å². The van der Waals surface area contributed by atoms with Gasteiger partial charge in [-0.05, 0) is 205 Å². The molecule has 0 fully saturated rings. The Kier molecular flexibility index (Phi) is 12.1. The second-order valence-electron chi connectivity index (χ2n) is 26.2. The number of nitrogens with zero attached hydrogens (tertiary/aromatic N) is 2. The topological polar surface area (TPSA) is 6.48 Å². The fourth-order valence-electron chi connectivity index (χ4n) is 13.9. The van der Waals surface area contributed by atoms with E-state index in [1.165, 1.54) is 120 Å². The third-order valence-electron chi connectivity index (χ3n) is 18.5. The highest BCUT2D eigenvalue weighted by Gasteiger charge is 2.38. The van der Waals surface area contributed by atoms with Gasteiger partial charge in [0.05, 0.1) is 11.4 Å². The lowest BCUT2D eigenvalue weighted by Crippen LogP contribution is -2.17. The van der Waals surface area contributed by atoms with Gasteiger partial charge in [0, 0.05) is 38.9 Å². The minimum Gasteiger partial charge on any atom is -0.310 e. The maximum absolute atomic E-state index is 2.58. The highest BCUT2D eigenvalue weighted by molar-refractivity contribution is 6.24. The number of hydrogen-bond donors (Lipinski definition) is 0. The van der Waals surface area contributed by atoms with Crippen molar-refractivity contribution in [2.45, 2.75) is 71.6 Å². The summed E-state index contributed by atoms with van der Waals surface area (Å²) >= 11 is 0. The van der Waals surface area contributed by atoms with Gasteiger partial charge in [-0.2, -0.15) is 0 Å². The number of anilines is 6. The highest BCUT2D eigenvalue weighted by atomic mass is 15.1. The summed E-state index contributed by atoms with van der Waals surface area (Å²) in [5.41, 5.74) is 19.2. The van der Waals surface area contributed by atoms with E-state index in [1.807, 2.05) is 0 Å². The van der Waals surface area contributed by atoms with Gasteiger partial charge in [-0.25, -0.2) is 0 Å². The van der Waals surface area contributed by atoms with Crippen LogP contribution < -0.4 is 9.80 Å². The van der Waals surface area contributed by atoms with Crippen LogP contribution in [-0.2, 0) is 16.2 Å². The van der Waals surface area contributed by atoms with Crippen LogP contribution in [0, 0.1) is 0 Å². The lowest BCUT2D eigenvalue weighted by Gasteiger charge is -2.30. The zero-order valence-corrected chi connectivity index (χ0v) is 49.8. The summed E-state index contributed by atoms with van der Waals surface area (Å²) in [6.45, 7) is 18.6. The van der Waals surface area contributed by atoms with Crippen LogP contribution in [0.4, 0.5) is 34.1 Å². The number of benzene rings is 14. The van der Waals surface area contributed by atoms with E-state index in [0.717, 1.165) is 34.1 Å². The molecule has 1 aliphatic rings. The Labute approximate surface area is 499 Å². The van der Waals surface area contributed by atoms with Gasteiger partial charge >= 0.3 is 0 Å². The van der Waals surface area contributed by atoms with Crippen molar-refractivity contribution in [1.29, 1.82) is 0 Å². The van der Waals surface area contributed by atoms with E-state index >= 15 is 0 Å². The summed E-state index contributed by atoms with van der Waals surface area (Å²) in [5, 5.41) is 14.7. The fourth-order valence-corrected chi connectivity index (χ4v) is 13.9. The molecule has 2 nitrogen and oxygen atoms in total. The number of fused-ring (bicyclic) bond motifs is 9. The molecule has 15 rings (SSSR count). The Balaban J connectivity index is 1.02. The lowest BCUT2D eigenvalue weighted by atomic mass is 9.79. The Bertz CT molecular complexity index is 4980. The first-order chi connectivity index (χ1) is 41.2. The molecule has 0 heterocycles. The van der Waals surface area contributed by atoms with Gasteiger partial charge in [0.2, 0.25) is 0 Å². The van der Waals surface area contributed by atoms with Crippen LogP contribution in [0.3, 0.4) is 0 Å². The Hall–Kier alpha value is -9.76. The molecule has 14 aromatic carbocycles. The Morgan fingerprint density at radius 3 is 1.19 bits per heavy atom. The second-order valence-corrected chi connectivity index (χ2v) is 26.2. The van der Waals surface area contributed by atoms with Crippen LogP contribution in [0.15, 0.2) is 267 Å². The molecule has 0 spiro atoms. The molecule has 0 radical (unpaired) electrons. The summed E-state index contributed by atoms with van der Waals surface area (Å²) in [4.78, 5) is 4.96. The minimum absolute atomic E-state index is 0.00961. The summed E-state index contributed by atoms with van der Waals surface area (Å²) in [6.07, 6.45) is 0. The highest BCUT2D eigenvalue weighted by Crippen LogP contribution is 2.56. The normalized spacial score (nSPS) is 13.0. The van der Waals surface area contributed by atoms with Gasteiger partial charge in [-0.1, -0.05) is 237 Å². The average molecular weight is 1090 g/mol. The van der Waals surface area contributed by atoms with Crippen molar-refractivity contribution in [3.8, 4) is 33.4 Å². The van der Waals surface area contributed by atoms with Crippen molar-refractivity contribution in [1.82, 2.24) is 0 Å². The fraction of sp³-hybridized carbons (Fsp3) is 0.133. The van der Waals surface area contributed by atoms with Gasteiger partial charge in [-0.15, -0.1) is 0 Å². The maximum Gasteiger partial charge on any atom is 0.0540 e. The summed E-state index contributed by atoms with van der Waals surface area (Å²) in [6, 6.07) is 101. The zero-order chi connectivity index (χ0) is 57.9. The molecule has 0 N–H and O–H groups in total. The van der Waals surface area contributed by atoms with E-state index in [-0.39, 0.29) is 16.2 Å². The van der Waals surface area contributed by atoms with Crippen molar-refractivity contribution in [3.05, 3.63) is 289 Å². The minimum atomic E-state index is -0.348. The van der Waals surface area contributed by atoms with Gasteiger partial charge < -0.3 is 9.80 Å². The van der Waals surface area contributed by atoms with Crippen molar-refractivity contribution in [2.75, 3.05) is 9.80 Å². The molecule has 0 aliphatic heterocycles. The maximum atomic E-state index is 2.58. The quantitative estimate of drug-likeness (QED) is 0.140. The molecule has 0 unspecified atom stereocenters. The third kappa shape index (κ3) is 8.77. The number of rotatable bonds is 8. The molecule has 0 bridgehead atoms. The third-order valence-corrected chi connectivity index (χ3v) is 18.5.